The van der Waals surface area contributed by atoms with Crippen LogP contribution in [0.5, 0.6) is 0 Å². The van der Waals surface area contributed by atoms with Gasteiger partial charge in [-0.25, -0.2) is 9.59 Å². The molecule has 1 atom stereocenters. The second-order valence-electron chi connectivity index (χ2n) is 4.17. The minimum atomic E-state index is -1.50. The number of aliphatic carboxylic acids is 1. The topological polar surface area (TPSA) is 92.7 Å². The molecule has 0 heterocycles. The third-order valence-electron chi connectivity index (χ3n) is 2.65. The van der Waals surface area contributed by atoms with E-state index in [0.29, 0.717) is 0 Å². The van der Waals surface area contributed by atoms with E-state index < -0.39 is 23.5 Å². The Bertz CT molecular complexity index is 351. The molecule has 2 N–H and O–H groups in total. The zero-order valence-electron chi connectivity index (χ0n) is 11.4. The van der Waals surface area contributed by atoms with Gasteiger partial charge in [-0.2, -0.15) is 0 Å². The Morgan fingerprint density at radius 2 is 1.95 bits per heavy atom. The average Bonchev–Trinajstić information content (AvgIpc) is 2.37. The summed E-state index contributed by atoms with van der Waals surface area (Å²) >= 11 is 0. The van der Waals surface area contributed by atoms with Gasteiger partial charge in [0, 0.05) is 6.04 Å². The minimum absolute atomic E-state index is 0.124. The largest absolute Gasteiger partial charge is 0.477 e. The number of unbranched alkanes of at least 4 members (excludes halogenated alkanes) is 1. The summed E-state index contributed by atoms with van der Waals surface area (Å²) in [6.45, 7) is 6.96. The van der Waals surface area contributed by atoms with Crippen LogP contribution >= 0.6 is 0 Å². The van der Waals surface area contributed by atoms with Crippen LogP contribution in [0, 0.1) is 0 Å². The van der Waals surface area contributed by atoms with E-state index in [0.717, 1.165) is 25.7 Å². The molecule has 0 aromatic rings. The van der Waals surface area contributed by atoms with Crippen molar-refractivity contribution in [1.29, 1.82) is 0 Å². The number of hydrogen-bond acceptors (Lipinski definition) is 5. The molecule has 0 bridgehead atoms. The van der Waals surface area contributed by atoms with Crippen molar-refractivity contribution in [3.8, 4) is 0 Å². The molecule has 108 valence electrons. The molecule has 0 aliphatic carbocycles. The van der Waals surface area contributed by atoms with Crippen molar-refractivity contribution in [2.45, 2.75) is 45.6 Å². The molecule has 0 aromatic carbocycles. The van der Waals surface area contributed by atoms with Crippen LogP contribution in [-0.2, 0) is 19.1 Å². The molecule has 0 rings (SSSR count). The number of rotatable bonds is 9. The molecular weight excluding hydrogens is 250 g/mol. The molecule has 6 heteroatoms. The van der Waals surface area contributed by atoms with Crippen molar-refractivity contribution in [3.63, 3.8) is 0 Å². The number of nitrogens with one attached hydrogen (secondary N) is 1. The fourth-order valence-corrected chi connectivity index (χ4v) is 1.42. The van der Waals surface area contributed by atoms with Gasteiger partial charge in [-0.05, 0) is 12.8 Å². The first-order chi connectivity index (χ1) is 8.92. The van der Waals surface area contributed by atoms with Gasteiger partial charge in [0.1, 0.15) is 5.57 Å². The molecular formula is C13H21NO5. The lowest BCUT2D eigenvalue weighted by Crippen LogP contribution is -2.35. The molecule has 0 aliphatic heterocycles. The highest BCUT2D eigenvalue weighted by molar-refractivity contribution is 6.14. The summed E-state index contributed by atoms with van der Waals surface area (Å²) in [6, 6.07) is 0.185. The molecule has 19 heavy (non-hydrogen) atoms. The zero-order valence-corrected chi connectivity index (χ0v) is 11.4. The Balaban J connectivity index is 4.07. The first-order valence-electron chi connectivity index (χ1n) is 6.32. The monoisotopic (exact) mass is 271 g/mol. The maximum atomic E-state index is 11.3. The molecule has 0 radical (unpaired) electrons. The lowest BCUT2D eigenvalue weighted by atomic mass is 10.1. The number of hydrogen-bond donors (Lipinski definition) is 2. The summed E-state index contributed by atoms with van der Waals surface area (Å²) < 4.78 is 4.35. The Kier molecular flexibility index (Phi) is 8.44. The molecule has 0 amide bonds. The van der Waals surface area contributed by atoms with Crippen LogP contribution < -0.4 is 5.32 Å². The van der Waals surface area contributed by atoms with Crippen LogP contribution in [0.1, 0.15) is 39.5 Å². The van der Waals surface area contributed by atoms with Crippen LogP contribution in [-0.4, -0.2) is 35.6 Å². The lowest BCUT2D eigenvalue weighted by molar-refractivity contribution is -0.157. The van der Waals surface area contributed by atoms with Gasteiger partial charge >= 0.3 is 17.9 Å². The predicted octanol–water partition coefficient (Wildman–Crippen LogP) is 1.26. The first-order valence-corrected chi connectivity index (χ1v) is 6.32. The lowest BCUT2D eigenvalue weighted by Gasteiger charge is -2.15. The second-order valence-corrected chi connectivity index (χ2v) is 4.17. The Morgan fingerprint density at radius 3 is 2.42 bits per heavy atom. The number of esters is 2. The minimum Gasteiger partial charge on any atom is -0.477 e. The van der Waals surface area contributed by atoms with Gasteiger partial charge in [-0.3, -0.25) is 4.79 Å². The molecule has 1 unspecified atom stereocenters. The average molecular weight is 271 g/mol. The van der Waals surface area contributed by atoms with Crippen molar-refractivity contribution >= 4 is 17.9 Å². The van der Waals surface area contributed by atoms with Crippen LogP contribution in [0.3, 0.4) is 0 Å². The van der Waals surface area contributed by atoms with Crippen molar-refractivity contribution in [2.75, 3.05) is 6.54 Å². The fourth-order valence-electron chi connectivity index (χ4n) is 1.42. The van der Waals surface area contributed by atoms with E-state index in [1.807, 2.05) is 6.92 Å². The number of carboxylic acid groups (broad SMARTS) is 1. The maximum absolute atomic E-state index is 11.3. The Labute approximate surface area is 112 Å². The van der Waals surface area contributed by atoms with Gasteiger partial charge in [0.15, 0.2) is 0 Å². The first kappa shape index (κ1) is 17.3. The summed E-state index contributed by atoms with van der Waals surface area (Å²) in [5.74, 6) is -3.52. The number of carbonyl (C=O) groups excluding carboxylic acids is 2. The van der Waals surface area contributed by atoms with Gasteiger partial charge in [-0.15, -0.1) is 0 Å². The Morgan fingerprint density at radius 1 is 1.32 bits per heavy atom. The third kappa shape index (κ3) is 7.35. The van der Waals surface area contributed by atoms with Gasteiger partial charge in [-0.1, -0.05) is 33.3 Å². The highest BCUT2D eigenvalue weighted by Crippen LogP contribution is 2.03. The van der Waals surface area contributed by atoms with E-state index in [2.05, 4.69) is 23.6 Å². The van der Waals surface area contributed by atoms with Gasteiger partial charge in [0.2, 0.25) is 0 Å². The Hall–Kier alpha value is -1.69. The molecule has 0 saturated carbocycles. The summed E-state index contributed by atoms with van der Waals surface area (Å²) in [5, 5.41) is 11.5. The highest BCUT2D eigenvalue weighted by atomic mass is 16.6. The molecule has 0 saturated heterocycles. The molecule has 0 aliphatic rings. The summed E-state index contributed by atoms with van der Waals surface area (Å²) in [5.41, 5.74) is -0.758. The molecule has 6 nitrogen and oxygen atoms in total. The van der Waals surface area contributed by atoms with Crippen molar-refractivity contribution in [1.82, 2.24) is 5.32 Å². The SMILES string of the molecule is C=C(C(=O)O)C(=O)OC(=O)CNC(CC)CCCC. The van der Waals surface area contributed by atoms with E-state index in [1.165, 1.54) is 0 Å². The van der Waals surface area contributed by atoms with Gasteiger partial charge in [0.05, 0.1) is 6.54 Å². The maximum Gasteiger partial charge on any atom is 0.352 e. The second kappa shape index (κ2) is 9.27. The number of carboxylic acids is 1. The quantitative estimate of drug-likeness (QED) is 0.284. The molecule has 0 fully saturated rings. The summed E-state index contributed by atoms with van der Waals surface area (Å²) in [4.78, 5) is 32.9. The third-order valence-corrected chi connectivity index (χ3v) is 2.65. The van der Waals surface area contributed by atoms with E-state index in [1.54, 1.807) is 0 Å². The van der Waals surface area contributed by atoms with E-state index in [4.69, 9.17) is 5.11 Å². The molecule has 0 spiro atoms. The van der Waals surface area contributed by atoms with Crippen molar-refractivity contribution < 1.29 is 24.2 Å². The highest BCUT2D eigenvalue weighted by Gasteiger charge is 2.19. The van der Waals surface area contributed by atoms with Crippen molar-refractivity contribution in [3.05, 3.63) is 12.2 Å². The zero-order chi connectivity index (χ0) is 14.8. The van der Waals surface area contributed by atoms with Crippen LogP contribution in [0.25, 0.3) is 0 Å². The van der Waals surface area contributed by atoms with Crippen molar-refractivity contribution in [2.24, 2.45) is 0 Å². The normalized spacial score (nSPS) is 11.7. The van der Waals surface area contributed by atoms with Crippen LogP contribution in [0.2, 0.25) is 0 Å². The van der Waals surface area contributed by atoms with E-state index in [9.17, 15) is 14.4 Å². The van der Waals surface area contributed by atoms with E-state index >= 15 is 0 Å². The van der Waals surface area contributed by atoms with Gasteiger partial charge < -0.3 is 15.2 Å². The van der Waals surface area contributed by atoms with Crippen LogP contribution in [0.15, 0.2) is 12.2 Å². The van der Waals surface area contributed by atoms with E-state index in [-0.39, 0.29) is 12.6 Å². The smallest absolute Gasteiger partial charge is 0.352 e. The number of ether oxygens (including phenoxy) is 1. The molecule has 0 aromatic heterocycles. The number of carbonyl (C=O) groups is 3. The van der Waals surface area contributed by atoms with Gasteiger partial charge in [0.25, 0.3) is 0 Å². The standard InChI is InChI=1S/C13H21NO5/c1-4-6-7-10(5-2)14-8-11(15)19-13(18)9(3)12(16)17/h10,14H,3-8H2,1-2H3,(H,16,17). The summed E-state index contributed by atoms with van der Waals surface area (Å²) in [6.07, 6.45) is 3.92. The summed E-state index contributed by atoms with van der Waals surface area (Å²) in [7, 11) is 0. The predicted molar refractivity (Wildman–Crippen MR) is 69.5 cm³/mol. The fraction of sp³-hybridized carbons (Fsp3) is 0.615. The van der Waals surface area contributed by atoms with Crippen LogP contribution in [0.4, 0.5) is 0 Å².